The number of hydrogen-bond donors (Lipinski definition) is 1. The molecule has 0 radical (unpaired) electrons. The minimum absolute atomic E-state index is 0.0180. The van der Waals surface area contributed by atoms with Gasteiger partial charge in [-0.05, 0) is 23.0 Å². The maximum Gasteiger partial charge on any atom is 0.0659 e. The quantitative estimate of drug-likeness (QED) is 0.794. The van der Waals surface area contributed by atoms with Crippen LogP contribution in [0.2, 0.25) is 0 Å². The third kappa shape index (κ3) is 4.49. The van der Waals surface area contributed by atoms with Gasteiger partial charge in [0, 0.05) is 6.61 Å². The smallest absolute Gasteiger partial charge is 0.0659 e. The molecule has 0 heterocycles. The summed E-state index contributed by atoms with van der Waals surface area (Å²) in [6.07, 6.45) is 1.04. The van der Waals surface area contributed by atoms with Crippen molar-refractivity contribution in [1.29, 1.82) is 0 Å². The summed E-state index contributed by atoms with van der Waals surface area (Å²) in [6.45, 7) is 10.1. The first kappa shape index (κ1) is 14.2. The predicted molar refractivity (Wildman–Crippen MR) is 73.2 cm³/mol. The van der Waals surface area contributed by atoms with E-state index in [4.69, 9.17) is 10.5 Å². The van der Waals surface area contributed by atoms with Crippen molar-refractivity contribution >= 4 is 0 Å². The lowest BCUT2D eigenvalue weighted by atomic mass is 9.86. The van der Waals surface area contributed by atoms with Crippen molar-refractivity contribution in [3.05, 3.63) is 35.4 Å². The SMILES string of the molecule is CCCOCC(N)c1ccc(C(C)(C)C)cc1. The van der Waals surface area contributed by atoms with Gasteiger partial charge >= 0.3 is 0 Å². The molecule has 1 rings (SSSR count). The van der Waals surface area contributed by atoms with Gasteiger partial charge in [-0.2, -0.15) is 0 Å². The number of rotatable bonds is 5. The minimum Gasteiger partial charge on any atom is -0.379 e. The van der Waals surface area contributed by atoms with Crippen molar-refractivity contribution in [3.8, 4) is 0 Å². The lowest BCUT2D eigenvalue weighted by molar-refractivity contribution is 0.121. The van der Waals surface area contributed by atoms with Crippen LogP contribution in [-0.4, -0.2) is 13.2 Å². The highest BCUT2D eigenvalue weighted by Gasteiger charge is 2.14. The highest BCUT2D eigenvalue weighted by atomic mass is 16.5. The average molecular weight is 235 g/mol. The van der Waals surface area contributed by atoms with Crippen LogP contribution >= 0.6 is 0 Å². The summed E-state index contributed by atoms with van der Waals surface area (Å²) in [5.74, 6) is 0. The van der Waals surface area contributed by atoms with Crippen LogP contribution in [0.25, 0.3) is 0 Å². The maximum absolute atomic E-state index is 6.07. The zero-order valence-electron chi connectivity index (χ0n) is 11.5. The van der Waals surface area contributed by atoms with E-state index >= 15 is 0 Å². The zero-order valence-corrected chi connectivity index (χ0v) is 11.5. The number of nitrogens with two attached hydrogens (primary N) is 1. The van der Waals surface area contributed by atoms with E-state index in [1.54, 1.807) is 0 Å². The van der Waals surface area contributed by atoms with Crippen LogP contribution < -0.4 is 5.73 Å². The van der Waals surface area contributed by atoms with E-state index in [1.807, 2.05) is 0 Å². The molecule has 17 heavy (non-hydrogen) atoms. The molecule has 0 aromatic heterocycles. The van der Waals surface area contributed by atoms with Gasteiger partial charge in [0.15, 0.2) is 0 Å². The Labute approximate surface area is 105 Å². The van der Waals surface area contributed by atoms with Gasteiger partial charge in [0.1, 0.15) is 0 Å². The Balaban J connectivity index is 2.61. The number of hydrogen-bond acceptors (Lipinski definition) is 2. The minimum atomic E-state index is -0.0180. The molecule has 0 fully saturated rings. The second-order valence-electron chi connectivity index (χ2n) is 5.55. The Morgan fingerprint density at radius 1 is 1.18 bits per heavy atom. The fraction of sp³-hybridized carbons (Fsp3) is 0.600. The van der Waals surface area contributed by atoms with E-state index in [0.29, 0.717) is 6.61 Å². The zero-order chi connectivity index (χ0) is 12.9. The van der Waals surface area contributed by atoms with Crippen LogP contribution in [0.5, 0.6) is 0 Å². The van der Waals surface area contributed by atoms with Crippen LogP contribution in [0.1, 0.15) is 51.3 Å². The molecule has 1 aromatic carbocycles. The molecule has 2 nitrogen and oxygen atoms in total. The van der Waals surface area contributed by atoms with E-state index in [1.165, 1.54) is 5.56 Å². The summed E-state index contributed by atoms with van der Waals surface area (Å²) < 4.78 is 5.47. The molecular formula is C15H25NO. The molecule has 0 amide bonds. The van der Waals surface area contributed by atoms with Crippen molar-refractivity contribution in [2.45, 2.75) is 45.6 Å². The first-order valence-corrected chi connectivity index (χ1v) is 6.39. The first-order chi connectivity index (χ1) is 7.95. The highest BCUT2D eigenvalue weighted by Crippen LogP contribution is 2.23. The molecule has 0 aliphatic heterocycles. The maximum atomic E-state index is 6.07. The summed E-state index contributed by atoms with van der Waals surface area (Å²) >= 11 is 0. The van der Waals surface area contributed by atoms with E-state index < -0.39 is 0 Å². The van der Waals surface area contributed by atoms with E-state index in [-0.39, 0.29) is 11.5 Å². The van der Waals surface area contributed by atoms with Gasteiger partial charge in [-0.1, -0.05) is 52.0 Å². The second-order valence-corrected chi connectivity index (χ2v) is 5.55. The van der Waals surface area contributed by atoms with Gasteiger partial charge in [0.25, 0.3) is 0 Å². The summed E-state index contributed by atoms with van der Waals surface area (Å²) in [4.78, 5) is 0. The second kappa shape index (κ2) is 6.18. The van der Waals surface area contributed by atoms with Gasteiger partial charge in [-0.3, -0.25) is 0 Å². The van der Waals surface area contributed by atoms with Crippen LogP contribution in [0.15, 0.2) is 24.3 Å². The van der Waals surface area contributed by atoms with E-state index in [0.717, 1.165) is 18.6 Å². The van der Waals surface area contributed by atoms with Gasteiger partial charge < -0.3 is 10.5 Å². The molecule has 2 N–H and O–H groups in total. The topological polar surface area (TPSA) is 35.2 Å². The molecular weight excluding hydrogens is 210 g/mol. The third-order valence-electron chi connectivity index (χ3n) is 2.85. The summed E-state index contributed by atoms with van der Waals surface area (Å²) in [5.41, 5.74) is 8.75. The van der Waals surface area contributed by atoms with Crippen molar-refractivity contribution < 1.29 is 4.74 Å². The molecule has 1 unspecified atom stereocenters. The molecule has 1 atom stereocenters. The highest BCUT2D eigenvalue weighted by molar-refractivity contribution is 5.29. The van der Waals surface area contributed by atoms with Crippen molar-refractivity contribution in [2.75, 3.05) is 13.2 Å². The lowest BCUT2D eigenvalue weighted by Gasteiger charge is -2.20. The lowest BCUT2D eigenvalue weighted by Crippen LogP contribution is -2.18. The summed E-state index contributed by atoms with van der Waals surface area (Å²) in [7, 11) is 0. The first-order valence-electron chi connectivity index (χ1n) is 6.39. The van der Waals surface area contributed by atoms with Crippen LogP contribution in [-0.2, 0) is 10.2 Å². The largest absolute Gasteiger partial charge is 0.379 e. The molecule has 2 heteroatoms. The van der Waals surface area contributed by atoms with E-state index in [2.05, 4.69) is 52.0 Å². The monoisotopic (exact) mass is 235 g/mol. The van der Waals surface area contributed by atoms with Crippen LogP contribution in [0, 0.1) is 0 Å². The molecule has 0 bridgehead atoms. The van der Waals surface area contributed by atoms with Crippen LogP contribution in [0.3, 0.4) is 0 Å². The molecule has 0 saturated carbocycles. The molecule has 1 aromatic rings. The van der Waals surface area contributed by atoms with Crippen molar-refractivity contribution in [2.24, 2.45) is 5.73 Å². The third-order valence-corrected chi connectivity index (χ3v) is 2.85. The van der Waals surface area contributed by atoms with E-state index in [9.17, 15) is 0 Å². The van der Waals surface area contributed by atoms with Crippen LogP contribution in [0.4, 0.5) is 0 Å². The number of ether oxygens (including phenoxy) is 1. The summed E-state index contributed by atoms with van der Waals surface area (Å²) in [6, 6.07) is 8.53. The molecule has 0 aliphatic carbocycles. The average Bonchev–Trinajstić information content (AvgIpc) is 2.28. The summed E-state index contributed by atoms with van der Waals surface area (Å²) in [5, 5.41) is 0. The predicted octanol–water partition coefficient (Wildman–Crippen LogP) is 3.41. The van der Waals surface area contributed by atoms with Gasteiger partial charge in [-0.25, -0.2) is 0 Å². The fourth-order valence-corrected chi connectivity index (χ4v) is 1.68. The molecule has 96 valence electrons. The fourth-order valence-electron chi connectivity index (χ4n) is 1.68. The molecule has 0 spiro atoms. The van der Waals surface area contributed by atoms with Gasteiger partial charge in [0.2, 0.25) is 0 Å². The van der Waals surface area contributed by atoms with Crippen molar-refractivity contribution in [1.82, 2.24) is 0 Å². The standard InChI is InChI=1S/C15H25NO/c1-5-10-17-11-14(16)12-6-8-13(9-7-12)15(2,3)4/h6-9,14H,5,10-11,16H2,1-4H3. The normalized spacial score (nSPS) is 13.7. The number of benzene rings is 1. The Morgan fingerprint density at radius 2 is 1.76 bits per heavy atom. The van der Waals surface area contributed by atoms with Gasteiger partial charge in [0.05, 0.1) is 12.6 Å². The Morgan fingerprint density at radius 3 is 2.24 bits per heavy atom. The molecule has 0 aliphatic rings. The Bertz CT molecular complexity index is 324. The Hall–Kier alpha value is -0.860. The van der Waals surface area contributed by atoms with Gasteiger partial charge in [-0.15, -0.1) is 0 Å². The molecule has 0 saturated heterocycles. The van der Waals surface area contributed by atoms with Crippen molar-refractivity contribution in [3.63, 3.8) is 0 Å². The Kier molecular flexibility index (Phi) is 5.16.